The van der Waals surface area contributed by atoms with Crippen molar-refractivity contribution in [3.63, 3.8) is 0 Å². The molecule has 1 aromatic heterocycles. The Morgan fingerprint density at radius 2 is 2.39 bits per heavy atom. The van der Waals surface area contributed by atoms with Crippen LogP contribution in [0, 0.1) is 6.92 Å². The van der Waals surface area contributed by atoms with Crippen LogP contribution in [-0.4, -0.2) is 34.3 Å². The molecule has 1 saturated heterocycles. The molecule has 4 heteroatoms. The second kappa shape index (κ2) is 6.19. The van der Waals surface area contributed by atoms with Gasteiger partial charge in [0.2, 0.25) is 0 Å². The number of aryl methyl sites for hydroxylation is 1. The second-order valence-electron chi connectivity index (χ2n) is 4.76. The van der Waals surface area contributed by atoms with Crippen LogP contribution in [0.1, 0.15) is 41.7 Å². The molecule has 1 aliphatic rings. The first kappa shape index (κ1) is 13.3. The van der Waals surface area contributed by atoms with E-state index in [-0.39, 0.29) is 5.91 Å². The number of hydrogen-bond acceptors (Lipinski definition) is 2. The zero-order valence-electron chi connectivity index (χ0n) is 10.7. The molecule has 18 heavy (non-hydrogen) atoms. The second-order valence-corrected chi connectivity index (χ2v) is 5.14. The number of aromatic nitrogens is 1. The highest BCUT2D eigenvalue weighted by Gasteiger charge is 2.27. The number of hydrogen-bond donors (Lipinski definition) is 0. The molecule has 0 bridgehead atoms. The summed E-state index contributed by atoms with van der Waals surface area (Å²) in [5, 5.41) is 0. The van der Waals surface area contributed by atoms with E-state index in [0.717, 1.165) is 37.1 Å². The lowest BCUT2D eigenvalue weighted by Crippen LogP contribution is -2.44. The first-order chi connectivity index (χ1) is 8.74. The number of likely N-dealkylation sites (tertiary alicyclic amines) is 1. The summed E-state index contributed by atoms with van der Waals surface area (Å²) < 4.78 is 0. The molecule has 2 rings (SSSR count). The highest BCUT2D eigenvalue weighted by atomic mass is 35.5. The van der Waals surface area contributed by atoms with Gasteiger partial charge in [0.1, 0.15) is 0 Å². The molecule has 0 radical (unpaired) electrons. The minimum atomic E-state index is 0.107. The molecule has 0 aliphatic carbocycles. The maximum Gasteiger partial charge on any atom is 0.255 e. The van der Waals surface area contributed by atoms with E-state index in [1.54, 1.807) is 6.20 Å². The highest BCUT2D eigenvalue weighted by Crippen LogP contribution is 2.22. The molecule has 1 atom stereocenters. The van der Waals surface area contributed by atoms with E-state index in [0.29, 0.717) is 11.9 Å². The van der Waals surface area contributed by atoms with Gasteiger partial charge in [0.25, 0.3) is 5.91 Å². The number of piperidine rings is 1. The van der Waals surface area contributed by atoms with Crippen molar-refractivity contribution < 1.29 is 4.79 Å². The van der Waals surface area contributed by atoms with Crippen molar-refractivity contribution in [2.75, 3.05) is 12.4 Å². The Kier molecular flexibility index (Phi) is 4.59. The number of pyridine rings is 1. The maximum atomic E-state index is 12.5. The van der Waals surface area contributed by atoms with E-state index in [4.69, 9.17) is 11.6 Å². The lowest BCUT2D eigenvalue weighted by molar-refractivity contribution is 0.0608. The van der Waals surface area contributed by atoms with Crippen LogP contribution in [0.4, 0.5) is 0 Å². The molecule has 0 saturated carbocycles. The van der Waals surface area contributed by atoms with E-state index in [1.807, 2.05) is 24.0 Å². The molecule has 3 nitrogen and oxygen atoms in total. The largest absolute Gasteiger partial charge is 0.336 e. The molecule has 1 aliphatic heterocycles. The quantitative estimate of drug-likeness (QED) is 0.788. The van der Waals surface area contributed by atoms with Crippen molar-refractivity contribution in [1.29, 1.82) is 0 Å². The molecule has 1 amide bonds. The van der Waals surface area contributed by atoms with E-state index in [1.165, 1.54) is 6.42 Å². The van der Waals surface area contributed by atoms with Gasteiger partial charge in [0.05, 0.1) is 5.56 Å². The van der Waals surface area contributed by atoms with E-state index in [2.05, 4.69) is 4.98 Å². The van der Waals surface area contributed by atoms with Crippen LogP contribution in [-0.2, 0) is 0 Å². The average Bonchev–Trinajstić information content (AvgIpc) is 2.40. The average molecular weight is 267 g/mol. The number of amides is 1. The summed E-state index contributed by atoms with van der Waals surface area (Å²) in [7, 11) is 0. The number of alkyl halides is 1. The third-order valence-electron chi connectivity index (χ3n) is 3.57. The van der Waals surface area contributed by atoms with E-state index >= 15 is 0 Å². The van der Waals surface area contributed by atoms with Crippen molar-refractivity contribution in [3.05, 3.63) is 29.6 Å². The fourth-order valence-electron chi connectivity index (χ4n) is 2.56. The van der Waals surface area contributed by atoms with Gasteiger partial charge < -0.3 is 4.90 Å². The zero-order valence-corrected chi connectivity index (χ0v) is 11.5. The van der Waals surface area contributed by atoms with Crippen molar-refractivity contribution in [1.82, 2.24) is 9.88 Å². The fraction of sp³-hybridized carbons (Fsp3) is 0.571. The molecule has 1 unspecified atom stereocenters. The summed E-state index contributed by atoms with van der Waals surface area (Å²) >= 11 is 5.83. The van der Waals surface area contributed by atoms with Gasteiger partial charge in [0.15, 0.2) is 0 Å². The van der Waals surface area contributed by atoms with E-state index in [9.17, 15) is 4.79 Å². The van der Waals surface area contributed by atoms with Crippen molar-refractivity contribution in [3.8, 4) is 0 Å². The van der Waals surface area contributed by atoms with Crippen LogP contribution >= 0.6 is 11.6 Å². The van der Waals surface area contributed by atoms with Gasteiger partial charge in [-0.1, -0.05) is 0 Å². The minimum Gasteiger partial charge on any atom is -0.336 e. The van der Waals surface area contributed by atoms with Gasteiger partial charge >= 0.3 is 0 Å². The molecule has 1 fully saturated rings. The van der Waals surface area contributed by atoms with Crippen LogP contribution in [0.2, 0.25) is 0 Å². The molecule has 0 aromatic carbocycles. The first-order valence-corrected chi connectivity index (χ1v) is 7.06. The Bertz CT molecular complexity index is 420. The third kappa shape index (κ3) is 2.83. The third-order valence-corrected chi connectivity index (χ3v) is 3.79. The van der Waals surface area contributed by atoms with Crippen LogP contribution in [0.3, 0.4) is 0 Å². The predicted octanol–water partition coefficient (Wildman–Crippen LogP) is 3.01. The molecular weight excluding hydrogens is 248 g/mol. The molecule has 98 valence electrons. The zero-order chi connectivity index (χ0) is 13.0. The number of carbonyl (C=O) groups is 1. The Morgan fingerprint density at radius 3 is 3.11 bits per heavy atom. The minimum absolute atomic E-state index is 0.107. The van der Waals surface area contributed by atoms with Crippen LogP contribution in [0.5, 0.6) is 0 Å². The van der Waals surface area contributed by atoms with Gasteiger partial charge in [-0.05, 0) is 44.7 Å². The van der Waals surface area contributed by atoms with Gasteiger partial charge in [-0.3, -0.25) is 9.78 Å². The summed E-state index contributed by atoms with van der Waals surface area (Å²) in [6.45, 7) is 2.72. The molecule has 0 spiro atoms. The molecule has 1 aromatic rings. The fourth-order valence-corrected chi connectivity index (χ4v) is 2.81. The topological polar surface area (TPSA) is 33.2 Å². The van der Waals surface area contributed by atoms with Gasteiger partial charge in [-0.25, -0.2) is 0 Å². The van der Waals surface area contributed by atoms with Crippen molar-refractivity contribution in [2.45, 2.75) is 38.6 Å². The van der Waals surface area contributed by atoms with Crippen LogP contribution < -0.4 is 0 Å². The SMILES string of the molecule is Cc1ncccc1C(=O)N1CCCCC1CCCl. The summed E-state index contributed by atoms with van der Waals surface area (Å²) in [5.41, 5.74) is 1.52. The number of carbonyl (C=O) groups excluding carboxylic acids is 1. The number of halogens is 1. The number of nitrogens with zero attached hydrogens (tertiary/aromatic N) is 2. The molecule has 2 heterocycles. The van der Waals surface area contributed by atoms with Gasteiger partial charge in [0, 0.05) is 30.4 Å². The normalized spacial score (nSPS) is 19.9. The Morgan fingerprint density at radius 1 is 1.56 bits per heavy atom. The first-order valence-electron chi connectivity index (χ1n) is 6.52. The van der Waals surface area contributed by atoms with Crippen molar-refractivity contribution >= 4 is 17.5 Å². The summed E-state index contributed by atoms with van der Waals surface area (Å²) in [6, 6.07) is 3.97. The smallest absolute Gasteiger partial charge is 0.255 e. The van der Waals surface area contributed by atoms with E-state index < -0.39 is 0 Å². The number of rotatable bonds is 3. The highest BCUT2D eigenvalue weighted by molar-refractivity contribution is 6.17. The molecule has 0 N–H and O–H groups in total. The Labute approximate surface area is 113 Å². The standard InChI is InChI=1S/C14H19ClN2O/c1-11-13(6-4-9-16-11)14(18)17-10-3-2-5-12(17)7-8-15/h4,6,9,12H,2-3,5,7-8,10H2,1H3. The summed E-state index contributed by atoms with van der Waals surface area (Å²) in [4.78, 5) is 18.7. The summed E-state index contributed by atoms with van der Waals surface area (Å²) in [6.07, 6.45) is 5.95. The maximum absolute atomic E-state index is 12.5. The summed E-state index contributed by atoms with van der Waals surface area (Å²) in [5.74, 6) is 0.718. The molecular formula is C14H19ClN2O. The van der Waals surface area contributed by atoms with Gasteiger partial charge in [-0.2, -0.15) is 0 Å². The lowest BCUT2D eigenvalue weighted by Gasteiger charge is -2.35. The van der Waals surface area contributed by atoms with Crippen LogP contribution in [0.25, 0.3) is 0 Å². The Hall–Kier alpha value is -1.09. The van der Waals surface area contributed by atoms with Crippen LogP contribution in [0.15, 0.2) is 18.3 Å². The van der Waals surface area contributed by atoms with Gasteiger partial charge in [-0.15, -0.1) is 11.6 Å². The Balaban J connectivity index is 2.18. The monoisotopic (exact) mass is 266 g/mol. The predicted molar refractivity (Wildman–Crippen MR) is 73.0 cm³/mol. The van der Waals surface area contributed by atoms with Crippen molar-refractivity contribution in [2.24, 2.45) is 0 Å². The lowest BCUT2D eigenvalue weighted by atomic mass is 9.98.